The minimum absolute atomic E-state index is 0.0433. The zero-order valence-electron chi connectivity index (χ0n) is 17.3. The van der Waals surface area contributed by atoms with Crippen molar-refractivity contribution in [1.82, 2.24) is 14.8 Å². The Morgan fingerprint density at radius 2 is 1.55 bits per heavy atom. The number of anilines is 1. The van der Waals surface area contributed by atoms with Crippen LogP contribution in [0.5, 0.6) is 0 Å². The number of carbonyl (C=O) groups excluding carboxylic acids is 1. The van der Waals surface area contributed by atoms with Gasteiger partial charge in [0.25, 0.3) is 0 Å². The number of hydrogen-bond donors (Lipinski definition) is 1. The van der Waals surface area contributed by atoms with Crippen molar-refractivity contribution in [3.8, 4) is 5.69 Å². The zero-order chi connectivity index (χ0) is 23.3. The van der Waals surface area contributed by atoms with Crippen LogP contribution < -0.4 is 5.32 Å². The average Bonchev–Trinajstić information content (AvgIpc) is 3.22. The van der Waals surface area contributed by atoms with Crippen molar-refractivity contribution in [2.45, 2.75) is 15.8 Å². The Balaban J connectivity index is 1.58. The number of amides is 1. The molecular formula is C23H19ClN4O3S2. The van der Waals surface area contributed by atoms with Crippen LogP contribution in [0.3, 0.4) is 0 Å². The molecular weight excluding hydrogens is 480 g/mol. The van der Waals surface area contributed by atoms with Gasteiger partial charge in [-0.05, 0) is 36.4 Å². The molecule has 1 amide bonds. The van der Waals surface area contributed by atoms with Crippen molar-refractivity contribution in [2.75, 3.05) is 11.1 Å². The molecule has 1 aromatic heterocycles. The minimum atomic E-state index is -3.63. The Hall–Kier alpha value is -3.14. The summed E-state index contributed by atoms with van der Waals surface area (Å²) in [7, 11) is -3.63. The summed E-state index contributed by atoms with van der Waals surface area (Å²) in [6.45, 7) is 0. The summed E-state index contributed by atoms with van der Waals surface area (Å²) in [5.41, 5.74) is 1.22. The Morgan fingerprint density at radius 3 is 2.24 bits per heavy atom. The van der Waals surface area contributed by atoms with Gasteiger partial charge in [-0.2, -0.15) is 0 Å². The maximum absolute atomic E-state index is 12.9. The lowest BCUT2D eigenvalue weighted by Crippen LogP contribution is -2.15. The second-order valence-electron chi connectivity index (χ2n) is 6.96. The van der Waals surface area contributed by atoms with E-state index in [9.17, 15) is 13.2 Å². The van der Waals surface area contributed by atoms with Gasteiger partial charge in [-0.1, -0.05) is 71.9 Å². The van der Waals surface area contributed by atoms with Gasteiger partial charge < -0.3 is 5.32 Å². The van der Waals surface area contributed by atoms with Crippen LogP contribution in [0.25, 0.3) is 5.69 Å². The van der Waals surface area contributed by atoms with E-state index < -0.39 is 9.84 Å². The molecule has 0 aliphatic heterocycles. The molecule has 0 atom stereocenters. The van der Waals surface area contributed by atoms with Crippen molar-refractivity contribution < 1.29 is 13.2 Å². The van der Waals surface area contributed by atoms with E-state index in [0.29, 0.717) is 21.6 Å². The fraction of sp³-hybridized carbons (Fsp3) is 0.0870. The first-order chi connectivity index (χ1) is 15.9. The van der Waals surface area contributed by atoms with Gasteiger partial charge >= 0.3 is 0 Å². The molecule has 7 nitrogen and oxygen atoms in total. The number of carbonyl (C=O) groups is 1. The molecule has 168 valence electrons. The number of hydrogen-bond acceptors (Lipinski definition) is 6. The second-order valence-corrected chi connectivity index (χ2v) is 10.3. The number of para-hydroxylation sites is 2. The molecule has 0 unspecified atom stereocenters. The summed E-state index contributed by atoms with van der Waals surface area (Å²) in [6, 6.07) is 24.4. The standard InChI is InChI=1S/C23H19ClN4O3S2/c24-19-13-7-8-14-20(19)25-22(29)15-32-23-27-26-21(28(23)17-9-3-1-4-10-17)16-33(30,31)18-11-5-2-6-12-18/h1-14H,15-16H2,(H,25,29). The Bertz CT molecular complexity index is 1360. The molecule has 0 saturated heterocycles. The van der Waals surface area contributed by atoms with Crippen molar-refractivity contribution in [1.29, 1.82) is 0 Å². The molecule has 1 N–H and O–H groups in total. The largest absolute Gasteiger partial charge is 0.324 e. The number of benzene rings is 3. The third kappa shape index (κ3) is 5.62. The molecule has 4 aromatic rings. The van der Waals surface area contributed by atoms with Crippen LogP contribution >= 0.6 is 23.4 Å². The number of nitrogens with one attached hydrogen (secondary N) is 1. The smallest absolute Gasteiger partial charge is 0.234 e. The Morgan fingerprint density at radius 1 is 0.909 bits per heavy atom. The quantitative estimate of drug-likeness (QED) is 0.356. The van der Waals surface area contributed by atoms with E-state index in [1.165, 1.54) is 0 Å². The molecule has 1 heterocycles. The summed E-state index contributed by atoms with van der Waals surface area (Å²) < 4.78 is 27.5. The summed E-state index contributed by atoms with van der Waals surface area (Å²) >= 11 is 7.26. The highest BCUT2D eigenvalue weighted by atomic mass is 35.5. The lowest BCUT2D eigenvalue weighted by Gasteiger charge is -2.11. The molecule has 0 radical (unpaired) electrons. The normalized spacial score (nSPS) is 11.3. The van der Waals surface area contributed by atoms with Gasteiger partial charge in [0.1, 0.15) is 5.75 Å². The van der Waals surface area contributed by atoms with Crippen LogP contribution in [-0.2, 0) is 20.4 Å². The molecule has 0 aliphatic carbocycles. The van der Waals surface area contributed by atoms with E-state index in [2.05, 4.69) is 15.5 Å². The fourth-order valence-electron chi connectivity index (χ4n) is 3.08. The monoisotopic (exact) mass is 498 g/mol. The van der Waals surface area contributed by atoms with E-state index in [1.54, 1.807) is 59.2 Å². The molecule has 0 fully saturated rings. The third-order valence-electron chi connectivity index (χ3n) is 4.62. The van der Waals surface area contributed by atoms with E-state index in [-0.39, 0.29) is 28.1 Å². The van der Waals surface area contributed by atoms with E-state index in [4.69, 9.17) is 11.6 Å². The zero-order valence-corrected chi connectivity index (χ0v) is 19.6. The average molecular weight is 499 g/mol. The van der Waals surface area contributed by atoms with Crippen LogP contribution in [0.15, 0.2) is 95.0 Å². The first-order valence-corrected chi connectivity index (χ1v) is 12.9. The Labute approximate surface area is 200 Å². The van der Waals surface area contributed by atoms with Crippen LogP contribution in [-0.4, -0.2) is 34.8 Å². The van der Waals surface area contributed by atoms with Gasteiger partial charge in [-0.3, -0.25) is 9.36 Å². The first kappa shape index (κ1) is 23.0. The lowest BCUT2D eigenvalue weighted by atomic mass is 10.3. The molecule has 0 spiro atoms. The lowest BCUT2D eigenvalue weighted by molar-refractivity contribution is -0.113. The van der Waals surface area contributed by atoms with Gasteiger partial charge in [0.15, 0.2) is 20.8 Å². The SMILES string of the molecule is O=C(CSc1nnc(CS(=O)(=O)c2ccccc2)n1-c1ccccc1)Nc1ccccc1Cl. The highest BCUT2D eigenvalue weighted by Crippen LogP contribution is 2.26. The number of thioether (sulfide) groups is 1. The minimum Gasteiger partial charge on any atom is -0.324 e. The number of nitrogens with zero attached hydrogens (tertiary/aromatic N) is 3. The predicted octanol–water partition coefficient (Wildman–Crippen LogP) is 4.63. The van der Waals surface area contributed by atoms with Crippen molar-refractivity contribution in [3.63, 3.8) is 0 Å². The predicted molar refractivity (Wildman–Crippen MR) is 129 cm³/mol. The molecule has 0 bridgehead atoms. The highest BCUT2D eigenvalue weighted by Gasteiger charge is 2.23. The van der Waals surface area contributed by atoms with E-state index >= 15 is 0 Å². The number of rotatable bonds is 8. The van der Waals surface area contributed by atoms with Gasteiger partial charge in [-0.15, -0.1) is 10.2 Å². The van der Waals surface area contributed by atoms with Gasteiger partial charge in [0, 0.05) is 5.69 Å². The van der Waals surface area contributed by atoms with Gasteiger partial charge in [0.2, 0.25) is 5.91 Å². The second kappa shape index (κ2) is 10.2. The summed E-state index contributed by atoms with van der Waals surface area (Å²) in [5.74, 6) is -0.291. The van der Waals surface area contributed by atoms with Crippen molar-refractivity contribution >= 4 is 44.8 Å². The van der Waals surface area contributed by atoms with Crippen molar-refractivity contribution in [2.24, 2.45) is 0 Å². The molecule has 33 heavy (non-hydrogen) atoms. The maximum Gasteiger partial charge on any atom is 0.234 e. The van der Waals surface area contributed by atoms with Gasteiger partial charge in [0.05, 0.1) is 21.4 Å². The fourth-order valence-corrected chi connectivity index (χ4v) is 5.30. The molecule has 10 heteroatoms. The molecule has 4 rings (SSSR count). The number of halogens is 1. The first-order valence-electron chi connectivity index (χ1n) is 9.89. The number of aromatic nitrogens is 3. The van der Waals surface area contributed by atoms with Gasteiger partial charge in [-0.25, -0.2) is 8.42 Å². The topological polar surface area (TPSA) is 94.0 Å². The van der Waals surface area contributed by atoms with E-state index in [1.807, 2.05) is 30.3 Å². The van der Waals surface area contributed by atoms with Crippen LogP contribution in [0.4, 0.5) is 5.69 Å². The van der Waals surface area contributed by atoms with Crippen LogP contribution in [0.1, 0.15) is 5.82 Å². The highest BCUT2D eigenvalue weighted by molar-refractivity contribution is 7.99. The summed E-state index contributed by atoms with van der Waals surface area (Å²) in [4.78, 5) is 12.7. The maximum atomic E-state index is 12.9. The summed E-state index contributed by atoms with van der Waals surface area (Å²) in [6.07, 6.45) is 0. The van der Waals surface area contributed by atoms with E-state index in [0.717, 1.165) is 11.8 Å². The molecule has 0 aliphatic rings. The molecule has 3 aromatic carbocycles. The van der Waals surface area contributed by atoms with Crippen molar-refractivity contribution in [3.05, 3.63) is 95.8 Å². The Kier molecular flexibility index (Phi) is 7.12. The molecule has 0 saturated carbocycles. The third-order valence-corrected chi connectivity index (χ3v) is 7.50. The number of sulfone groups is 1. The van der Waals surface area contributed by atoms with Crippen LogP contribution in [0.2, 0.25) is 5.02 Å². The van der Waals surface area contributed by atoms with Crippen LogP contribution in [0, 0.1) is 0 Å². The summed E-state index contributed by atoms with van der Waals surface area (Å²) in [5, 5.41) is 11.9.